The number of aromatic nitrogens is 3. The molecule has 3 aromatic rings. The first-order chi connectivity index (χ1) is 16.8. The molecular weight excluding hydrogens is 455 g/mol. The molecule has 35 heavy (non-hydrogen) atoms. The molecule has 4 rings (SSSR count). The highest BCUT2D eigenvalue weighted by molar-refractivity contribution is 6.46. The lowest BCUT2D eigenvalue weighted by Gasteiger charge is -2.28. The van der Waals surface area contributed by atoms with Gasteiger partial charge in [-0.3, -0.25) is 14.6 Å². The molecule has 9 nitrogen and oxygen atoms in total. The van der Waals surface area contributed by atoms with Crippen LogP contribution >= 0.6 is 0 Å². The normalized spacial score (nSPS) is 17.3. The lowest BCUT2D eigenvalue weighted by atomic mass is 9.93. The number of amides is 1. The number of benzene rings is 1. The van der Waals surface area contributed by atoms with Crippen molar-refractivity contribution in [2.24, 2.45) is 0 Å². The van der Waals surface area contributed by atoms with E-state index in [9.17, 15) is 23.9 Å². The number of likely N-dealkylation sites (tertiary alicyclic amines) is 1. The number of ketones is 1. The number of aryl methyl sites for hydroxylation is 2. The van der Waals surface area contributed by atoms with Gasteiger partial charge in [-0.15, -0.1) is 0 Å². The number of ether oxygens (including phenoxy) is 1. The quantitative estimate of drug-likeness (QED) is 0.174. The van der Waals surface area contributed by atoms with E-state index in [2.05, 4.69) is 9.97 Å². The third kappa shape index (κ3) is 4.23. The largest absolute Gasteiger partial charge is 0.872 e. The van der Waals surface area contributed by atoms with E-state index in [1.165, 1.54) is 30.2 Å². The van der Waals surface area contributed by atoms with Gasteiger partial charge in [-0.1, -0.05) is 24.0 Å². The zero-order valence-electron chi connectivity index (χ0n) is 19.6. The number of nitrogens with zero attached hydrogens (tertiary/aromatic N) is 2. The second kappa shape index (κ2) is 9.57. The van der Waals surface area contributed by atoms with Gasteiger partial charge in [-0.25, -0.2) is 13.8 Å². The van der Waals surface area contributed by atoms with Gasteiger partial charge >= 0.3 is 5.97 Å². The van der Waals surface area contributed by atoms with Crippen molar-refractivity contribution in [3.8, 4) is 0 Å². The van der Waals surface area contributed by atoms with Crippen LogP contribution in [0.5, 0.6) is 0 Å². The van der Waals surface area contributed by atoms with E-state index in [1.54, 1.807) is 32.4 Å². The Labute approximate surface area is 200 Å². The number of nitrogens with one attached hydrogen (secondary N) is 2. The zero-order chi connectivity index (χ0) is 25.3. The van der Waals surface area contributed by atoms with E-state index < -0.39 is 35.3 Å². The van der Waals surface area contributed by atoms with Crippen molar-refractivity contribution in [1.29, 1.82) is 0 Å². The summed E-state index contributed by atoms with van der Waals surface area (Å²) in [5, 5.41) is 13.7. The lowest BCUT2D eigenvalue weighted by Crippen LogP contribution is -2.36. The number of esters is 1. The molecule has 1 aromatic carbocycles. The number of Topliss-reactive ketones (excluding diaryl/α,β-unsaturated/α-hetero) is 1. The average Bonchev–Trinajstić information content (AvgIpc) is 3.52. The summed E-state index contributed by atoms with van der Waals surface area (Å²) in [6.45, 7) is 3.82. The number of hydrogen-bond donors (Lipinski definition) is 2. The highest BCUT2D eigenvalue weighted by atomic mass is 19.1. The first kappa shape index (κ1) is 23.9. The molecule has 2 aromatic heterocycles. The number of hydrogen-bond acceptors (Lipinski definition) is 5. The molecule has 182 valence electrons. The number of imidazole rings is 1. The number of rotatable bonds is 7. The van der Waals surface area contributed by atoms with Crippen LogP contribution in [0.1, 0.15) is 45.3 Å². The standard InChI is InChI=1S/C25H25FN4O5/c1-14-18(15(2)28-20(14)25(34)35-3)22(31)19-21(16-7-4-5-8-17(16)26)30(24(33)23(19)32)11-6-10-29-12-9-27-13-29/h4-5,7-9,12-13,21H,6,10-11H2,1-3H3,(H2,28,31,32,34). The molecule has 1 saturated heterocycles. The summed E-state index contributed by atoms with van der Waals surface area (Å²) in [6, 6.07) is 4.58. The van der Waals surface area contributed by atoms with Crippen LogP contribution in [0.15, 0.2) is 48.6 Å². The molecule has 10 heteroatoms. The van der Waals surface area contributed by atoms with E-state index in [1.807, 2.05) is 10.8 Å². The van der Waals surface area contributed by atoms with Crippen molar-refractivity contribution < 1.29 is 33.2 Å². The predicted molar refractivity (Wildman–Crippen MR) is 120 cm³/mol. The minimum Gasteiger partial charge on any atom is -0.872 e. The van der Waals surface area contributed by atoms with Gasteiger partial charge in [-0.05, 0) is 31.0 Å². The van der Waals surface area contributed by atoms with Crippen molar-refractivity contribution in [3.05, 3.63) is 82.5 Å². The lowest BCUT2D eigenvalue weighted by molar-refractivity contribution is -0.695. The van der Waals surface area contributed by atoms with E-state index in [-0.39, 0.29) is 28.9 Å². The molecule has 0 radical (unpaired) electrons. The van der Waals surface area contributed by atoms with E-state index in [4.69, 9.17) is 4.74 Å². The molecule has 1 amide bonds. The van der Waals surface area contributed by atoms with Crippen LogP contribution in [0, 0.1) is 19.7 Å². The Balaban J connectivity index is 1.81. The highest BCUT2D eigenvalue weighted by Crippen LogP contribution is 2.40. The van der Waals surface area contributed by atoms with Gasteiger partial charge in [0.15, 0.2) is 0 Å². The second-order valence-corrected chi connectivity index (χ2v) is 8.31. The van der Waals surface area contributed by atoms with Gasteiger partial charge < -0.3 is 19.7 Å². The third-order valence-electron chi connectivity index (χ3n) is 6.20. The minimum absolute atomic E-state index is 0.0587. The Bertz CT molecular complexity index is 1330. The number of halogens is 1. The van der Waals surface area contributed by atoms with Gasteiger partial charge in [0.2, 0.25) is 12.1 Å². The molecule has 0 aliphatic carbocycles. The van der Waals surface area contributed by atoms with Crippen LogP contribution in [-0.4, -0.2) is 46.2 Å². The number of carbonyl (C=O) groups excluding carboxylic acids is 3. The molecule has 2 N–H and O–H groups in total. The first-order valence-corrected chi connectivity index (χ1v) is 11.1. The molecule has 0 saturated carbocycles. The Morgan fingerprint density at radius 3 is 2.66 bits per heavy atom. The summed E-state index contributed by atoms with van der Waals surface area (Å²) in [7, 11) is 1.21. The average molecular weight is 480 g/mol. The van der Waals surface area contributed by atoms with Crippen LogP contribution in [0.4, 0.5) is 4.39 Å². The Kier molecular flexibility index (Phi) is 6.54. The molecule has 1 aliphatic heterocycles. The van der Waals surface area contributed by atoms with Crippen molar-refractivity contribution in [2.45, 2.75) is 32.9 Å². The summed E-state index contributed by atoms with van der Waals surface area (Å²) in [4.78, 5) is 45.3. The summed E-state index contributed by atoms with van der Waals surface area (Å²) >= 11 is 0. The highest BCUT2D eigenvalue weighted by Gasteiger charge is 2.45. The molecule has 1 unspecified atom stereocenters. The number of aromatic amines is 2. The Hall–Kier alpha value is -4.21. The molecule has 1 fully saturated rings. The molecule has 3 heterocycles. The fourth-order valence-corrected chi connectivity index (χ4v) is 4.54. The van der Waals surface area contributed by atoms with Crippen LogP contribution < -0.4 is 9.67 Å². The van der Waals surface area contributed by atoms with Crippen LogP contribution in [0.3, 0.4) is 0 Å². The summed E-state index contributed by atoms with van der Waals surface area (Å²) in [6.07, 6.45) is 5.80. The number of carbonyl (C=O) groups is 3. The summed E-state index contributed by atoms with van der Waals surface area (Å²) < 4.78 is 21.5. The van der Waals surface area contributed by atoms with Gasteiger partial charge in [-0.2, -0.15) is 0 Å². The molecule has 1 aliphatic rings. The van der Waals surface area contributed by atoms with Crippen molar-refractivity contribution in [3.63, 3.8) is 0 Å². The SMILES string of the molecule is COC(=O)c1[nH]c(C)c(/C([O-])=C2\C(=O)C(=O)N(CCC[n+]3cc[nH]c3)C2c2ccccc2F)c1C. The van der Waals surface area contributed by atoms with Gasteiger partial charge in [0.05, 0.1) is 19.7 Å². The van der Waals surface area contributed by atoms with Crippen molar-refractivity contribution >= 4 is 23.4 Å². The van der Waals surface area contributed by atoms with Crippen LogP contribution in [-0.2, 0) is 20.9 Å². The van der Waals surface area contributed by atoms with Gasteiger partial charge in [0, 0.05) is 29.8 Å². The predicted octanol–water partition coefficient (Wildman–Crippen LogP) is 1.49. The van der Waals surface area contributed by atoms with E-state index in [0.29, 0.717) is 24.2 Å². The monoisotopic (exact) mass is 480 g/mol. The van der Waals surface area contributed by atoms with Gasteiger partial charge in [0.25, 0.3) is 5.91 Å². The maximum absolute atomic E-state index is 14.9. The first-order valence-electron chi connectivity index (χ1n) is 11.1. The summed E-state index contributed by atoms with van der Waals surface area (Å²) in [5.41, 5.74) is 0.525. The molecule has 0 spiro atoms. The maximum atomic E-state index is 14.9. The minimum atomic E-state index is -1.18. The molecule has 0 bridgehead atoms. The van der Waals surface area contributed by atoms with Crippen LogP contribution in [0.25, 0.3) is 5.76 Å². The van der Waals surface area contributed by atoms with Crippen LogP contribution in [0.2, 0.25) is 0 Å². The topological polar surface area (TPSA) is 122 Å². The number of H-pyrrole nitrogens is 2. The zero-order valence-corrected chi connectivity index (χ0v) is 19.6. The number of methoxy groups -OCH3 is 1. The van der Waals surface area contributed by atoms with Gasteiger partial charge in [0.1, 0.15) is 23.9 Å². The third-order valence-corrected chi connectivity index (χ3v) is 6.20. The fourth-order valence-electron chi connectivity index (χ4n) is 4.54. The molecular formula is C25H25FN4O5. The van der Waals surface area contributed by atoms with E-state index >= 15 is 0 Å². The maximum Gasteiger partial charge on any atom is 0.354 e. The molecule has 1 atom stereocenters. The second-order valence-electron chi connectivity index (χ2n) is 8.31. The fraction of sp³-hybridized carbons (Fsp3) is 0.280. The Morgan fingerprint density at radius 1 is 1.26 bits per heavy atom. The Morgan fingerprint density at radius 2 is 2.00 bits per heavy atom. The van der Waals surface area contributed by atoms with Crippen molar-refractivity contribution in [2.75, 3.05) is 13.7 Å². The summed E-state index contributed by atoms with van der Waals surface area (Å²) in [5.74, 6) is -3.86. The smallest absolute Gasteiger partial charge is 0.354 e. The van der Waals surface area contributed by atoms with Crippen molar-refractivity contribution in [1.82, 2.24) is 14.9 Å². The van der Waals surface area contributed by atoms with E-state index in [0.717, 1.165) is 0 Å².